The quantitative estimate of drug-likeness (QED) is 0.805. The summed E-state index contributed by atoms with van der Waals surface area (Å²) in [5, 5.41) is 14.2. The molecule has 2 aromatic rings. The van der Waals surface area contributed by atoms with Crippen molar-refractivity contribution in [2.45, 2.75) is 12.2 Å². The molecule has 0 aromatic heterocycles. The maximum atomic E-state index is 12.6. The number of hydrogen-bond donors (Lipinski definition) is 3. The van der Waals surface area contributed by atoms with Gasteiger partial charge >= 0.3 is 12.2 Å². The van der Waals surface area contributed by atoms with Crippen molar-refractivity contribution in [2.24, 2.45) is 0 Å². The highest BCUT2D eigenvalue weighted by molar-refractivity contribution is 5.89. The molecule has 0 saturated heterocycles. The monoisotopic (exact) mass is 324 g/mol. The summed E-state index contributed by atoms with van der Waals surface area (Å²) in [4.78, 5) is 11.9. The topological polar surface area (TPSA) is 61.4 Å². The lowest BCUT2D eigenvalue weighted by Crippen LogP contribution is -2.34. The van der Waals surface area contributed by atoms with Gasteiger partial charge in [0.2, 0.25) is 0 Å². The van der Waals surface area contributed by atoms with Gasteiger partial charge in [0.15, 0.2) is 0 Å². The number of amides is 2. The summed E-state index contributed by atoms with van der Waals surface area (Å²) < 4.78 is 37.9. The number of benzene rings is 2. The Morgan fingerprint density at radius 3 is 2.39 bits per heavy atom. The molecule has 2 amide bonds. The van der Waals surface area contributed by atoms with E-state index in [-0.39, 0.29) is 12.3 Å². The van der Waals surface area contributed by atoms with Crippen LogP contribution in [-0.2, 0) is 6.18 Å². The van der Waals surface area contributed by atoms with Crippen molar-refractivity contribution in [1.29, 1.82) is 0 Å². The number of nitrogens with one attached hydrogen (secondary N) is 2. The minimum Gasteiger partial charge on any atom is -0.394 e. The number of halogens is 3. The first-order chi connectivity index (χ1) is 10.9. The summed E-state index contributed by atoms with van der Waals surface area (Å²) in [6.07, 6.45) is -4.48. The van der Waals surface area contributed by atoms with Crippen molar-refractivity contribution in [3.05, 3.63) is 65.7 Å². The van der Waals surface area contributed by atoms with Crippen molar-refractivity contribution in [2.75, 3.05) is 11.9 Å². The van der Waals surface area contributed by atoms with Gasteiger partial charge in [-0.3, -0.25) is 0 Å². The highest BCUT2D eigenvalue weighted by Gasteiger charge is 2.30. The average molecular weight is 324 g/mol. The molecule has 0 radical (unpaired) electrons. The van der Waals surface area contributed by atoms with Crippen molar-refractivity contribution < 1.29 is 23.1 Å². The molecule has 122 valence electrons. The molecule has 0 fully saturated rings. The molecule has 3 N–H and O–H groups in total. The molecule has 23 heavy (non-hydrogen) atoms. The lowest BCUT2D eigenvalue weighted by Gasteiger charge is -2.17. The lowest BCUT2D eigenvalue weighted by molar-refractivity contribution is -0.137. The largest absolute Gasteiger partial charge is 0.416 e. The number of aliphatic hydroxyl groups excluding tert-OH is 1. The number of hydrogen-bond acceptors (Lipinski definition) is 2. The molecule has 0 aliphatic heterocycles. The zero-order valence-electron chi connectivity index (χ0n) is 12.0. The first kappa shape index (κ1) is 16.8. The van der Waals surface area contributed by atoms with Crippen LogP contribution in [0.3, 0.4) is 0 Å². The maximum absolute atomic E-state index is 12.6. The molecule has 0 saturated carbocycles. The molecule has 1 unspecified atom stereocenters. The Morgan fingerprint density at radius 2 is 1.78 bits per heavy atom. The Labute approximate surface area is 131 Å². The molecule has 0 spiro atoms. The van der Waals surface area contributed by atoms with Crippen molar-refractivity contribution in [1.82, 2.24) is 5.32 Å². The molecule has 2 aromatic carbocycles. The fourth-order valence-corrected chi connectivity index (χ4v) is 2.02. The summed E-state index contributed by atoms with van der Waals surface area (Å²) in [7, 11) is 0. The smallest absolute Gasteiger partial charge is 0.394 e. The van der Waals surface area contributed by atoms with E-state index >= 15 is 0 Å². The van der Waals surface area contributed by atoms with Gasteiger partial charge in [-0.25, -0.2) is 4.79 Å². The Balaban J connectivity index is 2.04. The van der Waals surface area contributed by atoms with Crippen LogP contribution in [0, 0.1) is 0 Å². The fraction of sp³-hybridized carbons (Fsp3) is 0.188. The number of carbonyl (C=O) groups excluding carboxylic acids is 1. The first-order valence-electron chi connectivity index (χ1n) is 6.80. The Bertz CT molecular complexity index is 660. The van der Waals surface area contributed by atoms with E-state index in [9.17, 15) is 23.1 Å². The second-order valence-electron chi connectivity index (χ2n) is 4.82. The van der Waals surface area contributed by atoms with Gasteiger partial charge in [0.25, 0.3) is 0 Å². The molecule has 0 bridgehead atoms. The van der Waals surface area contributed by atoms with Crippen LogP contribution in [-0.4, -0.2) is 17.7 Å². The highest BCUT2D eigenvalue weighted by Crippen LogP contribution is 2.30. The number of anilines is 1. The zero-order chi connectivity index (χ0) is 16.9. The third kappa shape index (κ3) is 4.72. The minimum absolute atomic E-state index is 0.0158. The van der Waals surface area contributed by atoms with Gasteiger partial charge in [-0.1, -0.05) is 36.4 Å². The predicted molar refractivity (Wildman–Crippen MR) is 79.9 cm³/mol. The van der Waals surface area contributed by atoms with Gasteiger partial charge in [-0.2, -0.15) is 13.2 Å². The molecule has 1 atom stereocenters. The first-order valence-corrected chi connectivity index (χ1v) is 6.80. The summed E-state index contributed by atoms with van der Waals surface area (Å²) in [5.74, 6) is 0. The van der Waals surface area contributed by atoms with E-state index in [1.165, 1.54) is 12.1 Å². The molecule has 0 aliphatic carbocycles. The Kier molecular flexibility index (Phi) is 5.23. The number of aliphatic hydroxyl groups is 1. The second kappa shape index (κ2) is 7.15. The second-order valence-corrected chi connectivity index (χ2v) is 4.82. The van der Waals surface area contributed by atoms with Gasteiger partial charge in [-0.05, 0) is 23.8 Å². The molecule has 0 aliphatic rings. The van der Waals surface area contributed by atoms with Gasteiger partial charge in [0.1, 0.15) is 0 Å². The zero-order valence-corrected chi connectivity index (χ0v) is 12.0. The van der Waals surface area contributed by atoms with Crippen molar-refractivity contribution in [3.63, 3.8) is 0 Å². The standard InChI is InChI=1S/C16H15F3N2O2/c17-16(18,19)12-7-4-8-13(9-12)20-15(23)21-14(10-22)11-5-2-1-3-6-11/h1-9,14,22H,10H2,(H2,20,21,23). The lowest BCUT2D eigenvalue weighted by atomic mass is 10.1. The van der Waals surface area contributed by atoms with Crippen LogP contribution in [0.1, 0.15) is 17.2 Å². The van der Waals surface area contributed by atoms with E-state index in [2.05, 4.69) is 10.6 Å². The number of urea groups is 1. The van der Waals surface area contributed by atoms with Crippen molar-refractivity contribution >= 4 is 11.7 Å². The van der Waals surface area contributed by atoms with E-state index < -0.39 is 23.8 Å². The van der Waals surface area contributed by atoms with Crippen LogP contribution in [0.4, 0.5) is 23.7 Å². The van der Waals surface area contributed by atoms with E-state index in [0.29, 0.717) is 5.56 Å². The molecule has 7 heteroatoms. The molecular weight excluding hydrogens is 309 g/mol. The SMILES string of the molecule is O=C(Nc1cccc(C(F)(F)F)c1)NC(CO)c1ccccc1. The summed E-state index contributed by atoms with van der Waals surface area (Å²) in [6, 6.07) is 11.7. The molecule has 0 heterocycles. The summed E-state index contributed by atoms with van der Waals surface area (Å²) >= 11 is 0. The Hall–Kier alpha value is -2.54. The Morgan fingerprint density at radius 1 is 1.09 bits per heavy atom. The molecular formula is C16H15F3N2O2. The van der Waals surface area contributed by atoms with E-state index in [1.807, 2.05) is 0 Å². The third-order valence-corrected chi connectivity index (χ3v) is 3.14. The van der Waals surface area contributed by atoms with E-state index in [4.69, 9.17) is 0 Å². The van der Waals surface area contributed by atoms with Crippen LogP contribution < -0.4 is 10.6 Å². The van der Waals surface area contributed by atoms with Gasteiger partial charge in [0, 0.05) is 5.69 Å². The van der Waals surface area contributed by atoms with Gasteiger partial charge in [-0.15, -0.1) is 0 Å². The predicted octanol–water partition coefficient (Wildman–Crippen LogP) is 3.56. The van der Waals surface area contributed by atoms with Crippen molar-refractivity contribution in [3.8, 4) is 0 Å². The summed E-state index contributed by atoms with van der Waals surface area (Å²) in [5.41, 5.74) is -0.145. The molecule has 4 nitrogen and oxygen atoms in total. The number of rotatable bonds is 4. The van der Waals surface area contributed by atoms with Crippen LogP contribution in [0.2, 0.25) is 0 Å². The molecule has 2 rings (SSSR count). The van der Waals surface area contributed by atoms with Crippen LogP contribution in [0.15, 0.2) is 54.6 Å². The van der Waals surface area contributed by atoms with Gasteiger partial charge < -0.3 is 15.7 Å². The van der Waals surface area contributed by atoms with Gasteiger partial charge in [0.05, 0.1) is 18.2 Å². The van der Waals surface area contributed by atoms with E-state index in [1.54, 1.807) is 30.3 Å². The fourth-order valence-electron chi connectivity index (χ4n) is 2.02. The third-order valence-electron chi connectivity index (χ3n) is 3.14. The minimum atomic E-state index is -4.48. The van der Waals surface area contributed by atoms with E-state index in [0.717, 1.165) is 12.1 Å². The highest BCUT2D eigenvalue weighted by atomic mass is 19.4. The normalized spacial score (nSPS) is 12.5. The van der Waals surface area contributed by atoms with Crippen LogP contribution in [0.25, 0.3) is 0 Å². The number of carbonyl (C=O) groups is 1. The van der Waals surface area contributed by atoms with Crippen LogP contribution in [0.5, 0.6) is 0 Å². The average Bonchev–Trinajstić information content (AvgIpc) is 2.53. The summed E-state index contributed by atoms with van der Waals surface area (Å²) in [6.45, 7) is -0.333. The van der Waals surface area contributed by atoms with Crippen LogP contribution >= 0.6 is 0 Å². The maximum Gasteiger partial charge on any atom is 0.416 e. The number of alkyl halides is 3.